The lowest BCUT2D eigenvalue weighted by Gasteiger charge is -2.19. The van der Waals surface area contributed by atoms with Crippen LogP contribution in [0.3, 0.4) is 0 Å². The SMILES string of the molecule is CC(C)=CCC(OC(=O)CC(O)c1ccccc1)c1ccc2ccccc2c1. The van der Waals surface area contributed by atoms with Crippen LogP contribution in [0.1, 0.15) is 50.0 Å². The van der Waals surface area contributed by atoms with Gasteiger partial charge in [0.05, 0.1) is 12.5 Å². The number of esters is 1. The van der Waals surface area contributed by atoms with Crippen LogP contribution in [0, 0.1) is 0 Å². The number of rotatable bonds is 7. The van der Waals surface area contributed by atoms with Crippen LogP contribution in [0.15, 0.2) is 84.4 Å². The number of allylic oxidation sites excluding steroid dienone is 1. The van der Waals surface area contributed by atoms with Crippen LogP contribution in [0.4, 0.5) is 0 Å². The van der Waals surface area contributed by atoms with Gasteiger partial charge in [-0.05, 0) is 41.8 Å². The lowest BCUT2D eigenvalue weighted by atomic mass is 10.0. The number of hydrogen-bond donors (Lipinski definition) is 1. The maximum atomic E-state index is 12.5. The van der Waals surface area contributed by atoms with Crippen molar-refractivity contribution in [2.45, 2.75) is 38.9 Å². The average Bonchev–Trinajstić information content (AvgIpc) is 2.71. The molecule has 3 heteroatoms. The molecule has 3 rings (SSSR count). The molecule has 28 heavy (non-hydrogen) atoms. The Labute approximate surface area is 166 Å². The highest BCUT2D eigenvalue weighted by molar-refractivity contribution is 5.83. The van der Waals surface area contributed by atoms with Crippen molar-refractivity contribution < 1.29 is 14.6 Å². The fourth-order valence-corrected chi connectivity index (χ4v) is 3.16. The standard InChI is InChI=1S/C25H26O3/c1-18(2)12-15-24(22-14-13-19-8-6-7-11-21(19)16-22)28-25(27)17-23(26)20-9-4-3-5-10-20/h3-14,16,23-24,26H,15,17H2,1-2H3. The summed E-state index contributed by atoms with van der Waals surface area (Å²) >= 11 is 0. The van der Waals surface area contributed by atoms with Gasteiger partial charge >= 0.3 is 5.97 Å². The summed E-state index contributed by atoms with van der Waals surface area (Å²) < 4.78 is 5.78. The summed E-state index contributed by atoms with van der Waals surface area (Å²) in [6, 6.07) is 23.4. The molecule has 0 aliphatic rings. The minimum absolute atomic E-state index is 0.0666. The quantitative estimate of drug-likeness (QED) is 0.413. The van der Waals surface area contributed by atoms with Gasteiger partial charge in [0.1, 0.15) is 6.10 Å². The van der Waals surface area contributed by atoms with Gasteiger partial charge in [-0.25, -0.2) is 0 Å². The van der Waals surface area contributed by atoms with Crippen molar-refractivity contribution in [3.05, 3.63) is 95.6 Å². The van der Waals surface area contributed by atoms with E-state index in [1.807, 2.05) is 68.4 Å². The third-order valence-corrected chi connectivity index (χ3v) is 4.70. The first-order valence-corrected chi connectivity index (χ1v) is 9.57. The Bertz CT molecular complexity index is 956. The fraction of sp³-hybridized carbons (Fsp3) is 0.240. The molecule has 0 radical (unpaired) electrons. The van der Waals surface area contributed by atoms with Crippen molar-refractivity contribution >= 4 is 16.7 Å². The molecular weight excluding hydrogens is 348 g/mol. The van der Waals surface area contributed by atoms with E-state index in [-0.39, 0.29) is 12.5 Å². The first-order chi connectivity index (χ1) is 13.5. The van der Waals surface area contributed by atoms with Gasteiger partial charge in [-0.3, -0.25) is 4.79 Å². The molecule has 0 amide bonds. The maximum Gasteiger partial charge on any atom is 0.309 e. The molecule has 0 spiro atoms. The second kappa shape index (κ2) is 9.34. The van der Waals surface area contributed by atoms with Gasteiger partial charge in [0.25, 0.3) is 0 Å². The Morgan fingerprint density at radius 1 is 0.929 bits per heavy atom. The van der Waals surface area contributed by atoms with Gasteiger partial charge in [0, 0.05) is 6.42 Å². The van der Waals surface area contributed by atoms with Crippen LogP contribution in [0.2, 0.25) is 0 Å². The predicted molar refractivity (Wildman–Crippen MR) is 113 cm³/mol. The Hall–Kier alpha value is -2.91. The number of carbonyl (C=O) groups is 1. The van der Waals surface area contributed by atoms with Gasteiger partial charge in [-0.2, -0.15) is 0 Å². The maximum absolute atomic E-state index is 12.5. The van der Waals surface area contributed by atoms with Crippen molar-refractivity contribution in [3.8, 4) is 0 Å². The largest absolute Gasteiger partial charge is 0.457 e. The van der Waals surface area contributed by atoms with Crippen molar-refractivity contribution in [2.75, 3.05) is 0 Å². The molecular formula is C25H26O3. The molecule has 0 bridgehead atoms. The molecule has 0 heterocycles. The van der Waals surface area contributed by atoms with Crippen LogP contribution in [0.25, 0.3) is 10.8 Å². The van der Waals surface area contributed by atoms with Gasteiger partial charge in [0.2, 0.25) is 0 Å². The van der Waals surface area contributed by atoms with Crippen molar-refractivity contribution in [1.29, 1.82) is 0 Å². The zero-order chi connectivity index (χ0) is 19.9. The van der Waals surface area contributed by atoms with E-state index in [1.54, 1.807) is 0 Å². The van der Waals surface area contributed by atoms with Crippen LogP contribution in [0.5, 0.6) is 0 Å². The zero-order valence-electron chi connectivity index (χ0n) is 16.3. The normalized spacial score (nSPS) is 13.0. The van der Waals surface area contributed by atoms with E-state index in [0.29, 0.717) is 12.0 Å². The summed E-state index contributed by atoms with van der Waals surface area (Å²) in [4.78, 5) is 12.5. The highest BCUT2D eigenvalue weighted by Gasteiger charge is 2.20. The van der Waals surface area contributed by atoms with Crippen LogP contribution < -0.4 is 0 Å². The summed E-state index contributed by atoms with van der Waals surface area (Å²) in [7, 11) is 0. The molecule has 1 N–H and O–H groups in total. The third kappa shape index (κ3) is 5.30. The number of hydrogen-bond acceptors (Lipinski definition) is 3. The van der Waals surface area contributed by atoms with E-state index >= 15 is 0 Å². The predicted octanol–water partition coefficient (Wildman–Crippen LogP) is 5.90. The zero-order valence-corrected chi connectivity index (χ0v) is 16.3. The molecule has 3 aromatic rings. The van der Waals surface area contributed by atoms with E-state index in [1.165, 1.54) is 5.57 Å². The number of aliphatic hydroxyl groups is 1. The number of ether oxygens (including phenoxy) is 1. The summed E-state index contributed by atoms with van der Waals surface area (Å²) in [5.74, 6) is -0.406. The molecule has 144 valence electrons. The first kappa shape index (κ1) is 19.8. The van der Waals surface area contributed by atoms with Gasteiger partial charge in [-0.15, -0.1) is 0 Å². The minimum atomic E-state index is -0.866. The van der Waals surface area contributed by atoms with Gasteiger partial charge in [-0.1, -0.05) is 78.4 Å². The van der Waals surface area contributed by atoms with E-state index in [9.17, 15) is 9.90 Å². The van der Waals surface area contributed by atoms with E-state index in [2.05, 4.69) is 24.3 Å². The molecule has 0 fully saturated rings. The Morgan fingerprint density at radius 3 is 2.32 bits per heavy atom. The molecule has 0 saturated heterocycles. The Morgan fingerprint density at radius 2 is 1.61 bits per heavy atom. The Kier molecular flexibility index (Phi) is 6.62. The molecule has 0 saturated carbocycles. The molecule has 0 aromatic heterocycles. The van der Waals surface area contributed by atoms with E-state index < -0.39 is 12.1 Å². The fourth-order valence-electron chi connectivity index (χ4n) is 3.16. The smallest absolute Gasteiger partial charge is 0.309 e. The topological polar surface area (TPSA) is 46.5 Å². The Balaban J connectivity index is 1.77. The number of fused-ring (bicyclic) bond motifs is 1. The van der Waals surface area contributed by atoms with Crippen LogP contribution in [-0.4, -0.2) is 11.1 Å². The van der Waals surface area contributed by atoms with Gasteiger partial charge < -0.3 is 9.84 Å². The first-order valence-electron chi connectivity index (χ1n) is 9.57. The lowest BCUT2D eigenvalue weighted by Crippen LogP contribution is -2.14. The van der Waals surface area contributed by atoms with Crippen molar-refractivity contribution in [3.63, 3.8) is 0 Å². The molecule has 0 aliphatic carbocycles. The van der Waals surface area contributed by atoms with Crippen molar-refractivity contribution in [1.82, 2.24) is 0 Å². The number of aliphatic hydroxyl groups excluding tert-OH is 1. The average molecular weight is 374 g/mol. The highest BCUT2D eigenvalue weighted by Crippen LogP contribution is 2.28. The number of carbonyl (C=O) groups excluding carboxylic acids is 1. The lowest BCUT2D eigenvalue weighted by molar-refractivity contribution is -0.151. The number of benzene rings is 3. The monoisotopic (exact) mass is 374 g/mol. The minimum Gasteiger partial charge on any atom is -0.457 e. The summed E-state index contributed by atoms with van der Waals surface area (Å²) in [5, 5.41) is 12.6. The molecule has 3 aromatic carbocycles. The molecule has 3 nitrogen and oxygen atoms in total. The summed E-state index contributed by atoms with van der Waals surface area (Å²) in [6.07, 6.45) is 1.36. The highest BCUT2D eigenvalue weighted by atomic mass is 16.5. The second-order valence-electron chi connectivity index (χ2n) is 7.23. The third-order valence-electron chi connectivity index (χ3n) is 4.70. The second-order valence-corrected chi connectivity index (χ2v) is 7.23. The summed E-state index contributed by atoms with van der Waals surface area (Å²) in [6.45, 7) is 4.05. The summed E-state index contributed by atoms with van der Waals surface area (Å²) in [5.41, 5.74) is 2.84. The van der Waals surface area contributed by atoms with Crippen molar-refractivity contribution in [2.24, 2.45) is 0 Å². The molecule has 2 unspecified atom stereocenters. The molecule has 2 atom stereocenters. The van der Waals surface area contributed by atoms with Crippen LogP contribution in [-0.2, 0) is 9.53 Å². The van der Waals surface area contributed by atoms with Gasteiger partial charge in [0.15, 0.2) is 0 Å². The van der Waals surface area contributed by atoms with E-state index in [4.69, 9.17) is 4.74 Å². The van der Waals surface area contributed by atoms with Crippen LogP contribution >= 0.6 is 0 Å². The molecule has 0 aliphatic heterocycles. The van der Waals surface area contributed by atoms with E-state index in [0.717, 1.165) is 16.3 Å².